The summed E-state index contributed by atoms with van der Waals surface area (Å²) in [7, 11) is 0. The van der Waals surface area contributed by atoms with Gasteiger partial charge in [-0.25, -0.2) is 0 Å². The number of hydrogen-bond acceptors (Lipinski definition) is 4. The topological polar surface area (TPSA) is 98.3 Å². The van der Waals surface area contributed by atoms with Crippen molar-refractivity contribution >= 4 is 33.2 Å². The highest BCUT2D eigenvalue weighted by atomic mass is 79.9. The molecule has 0 unspecified atom stereocenters. The summed E-state index contributed by atoms with van der Waals surface area (Å²) in [4.78, 5) is 22.0. The zero-order chi connectivity index (χ0) is 14.4. The van der Waals surface area contributed by atoms with Gasteiger partial charge in [0.05, 0.1) is 16.7 Å². The summed E-state index contributed by atoms with van der Waals surface area (Å²) in [5.74, 6) is -0.338. The van der Waals surface area contributed by atoms with Crippen LogP contribution in [0.2, 0.25) is 0 Å². The van der Waals surface area contributed by atoms with Crippen LogP contribution < -0.4 is 11.1 Å². The first-order chi connectivity index (χ1) is 8.95. The lowest BCUT2D eigenvalue weighted by Gasteiger charge is -2.12. The number of benzene rings is 1. The summed E-state index contributed by atoms with van der Waals surface area (Å²) < 4.78 is 0.578. The van der Waals surface area contributed by atoms with Crippen molar-refractivity contribution in [2.75, 3.05) is 5.32 Å². The van der Waals surface area contributed by atoms with Crippen molar-refractivity contribution < 1.29 is 9.72 Å². The predicted octanol–water partition coefficient (Wildman–Crippen LogP) is 2.81. The zero-order valence-corrected chi connectivity index (χ0v) is 12.1. The van der Waals surface area contributed by atoms with Crippen molar-refractivity contribution in [3.05, 3.63) is 32.8 Å². The van der Waals surface area contributed by atoms with E-state index in [9.17, 15) is 14.9 Å². The van der Waals surface area contributed by atoms with E-state index in [0.29, 0.717) is 16.6 Å². The van der Waals surface area contributed by atoms with Crippen LogP contribution in [0.1, 0.15) is 26.2 Å². The molecule has 0 bridgehead atoms. The van der Waals surface area contributed by atoms with Gasteiger partial charge in [-0.2, -0.15) is 0 Å². The van der Waals surface area contributed by atoms with E-state index >= 15 is 0 Å². The van der Waals surface area contributed by atoms with Crippen LogP contribution in [0.3, 0.4) is 0 Å². The SMILES string of the molecule is CCCC[C@H](N)C(=O)Nc1cc([N+](=O)[O-])ccc1Br. The molecule has 0 saturated carbocycles. The van der Waals surface area contributed by atoms with Crippen LogP contribution in [0.5, 0.6) is 0 Å². The molecule has 3 N–H and O–H groups in total. The number of carbonyl (C=O) groups excluding carboxylic acids is 1. The summed E-state index contributed by atoms with van der Waals surface area (Å²) >= 11 is 3.23. The van der Waals surface area contributed by atoms with Crippen LogP contribution in [0, 0.1) is 10.1 Å². The van der Waals surface area contributed by atoms with E-state index in [-0.39, 0.29) is 11.6 Å². The Labute approximate surface area is 119 Å². The average molecular weight is 330 g/mol. The fraction of sp³-hybridized carbons (Fsp3) is 0.417. The molecule has 0 aliphatic carbocycles. The maximum absolute atomic E-state index is 11.8. The van der Waals surface area contributed by atoms with Gasteiger partial charge < -0.3 is 11.1 Å². The molecule has 0 aliphatic rings. The molecule has 6 nitrogen and oxygen atoms in total. The highest BCUT2D eigenvalue weighted by Crippen LogP contribution is 2.27. The Balaban J connectivity index is 2.78. The van der Waals surface area contributed by atoms with Crippen molar-refractivity contribution in [2.24, 2.45) is 5.73 Å². The van der Waals surface area contributed by atoms with Crippen molar-refractivity contribution in [1.82, 2.24) is 0 Å². The first kappa shape index (κ1) is 15.6. The number of non-ortho nitro benzene ring substituents is 1. The number of anilines is 1. The van der Waals surface area contributed by atoms with E-state index in [4.69, 9.17) is 5.73 Å². The third kappa shape index (κ3) is 4.60. The molecule has 1 amide bonds. The first-order valence-corrected chi connectivity index (χ1v) is 6.75. The molecule has 0 fully saturated rings. The molecule has 1 aromatic rings. The van der Waals surface area contributed by atoms with Gasteiger partial charge in [-0.3, -0.25) is 14.9 Å². The molecule has 0 spiro atoms. The van der Waals surface area contributed by atoms with E-state index in [0.717, 1.165) is 12.8 Å². The minimum atomic E-state index is -0.605. The lowest BCUT2D eigenvalue weighted by Crippen LogP contribution is -2.35. The Kier molecular flexibility index (Phi) is 5.91. The van der Waals surface area contributed by atoms with Crippen LogP contribution in [-0.4, -0.2) is 16.9 Å². The number of carbonyl (C=O) groups is 1. The Morgan fingerprint density at radius 2 is 2.26 bits per heavy atom. The summed E-state index contributed by atoms with van der Waals surface area (Å²) in [6, 6.07) is 3.57. The summed E-state index contributed by atoms with van der Waals surface area (Å²) in [5, 5.41) is 13.3. The Hall–Kier alpha value is -1.47. The number of halogens is 1. The summed E-state index contributed by atoms with van der Waals surface area (Å²) in [5.41, 5.74) is 6.01. The van der Waals surface area contributed by atoms with Crippen LogP contribution in [-0.2, 0) is 4.79 Å². The van der Waals surface area contributed by atoms with Crippen LogP contribution >= 0.6 is 15.9 Å². The Bertz CT molecular complexity index is 479. The van der Waals surface area contributed by atoms with Crippen molar-refractivity contribution in [3.8, 4) is 0 Å². The van der Waals surface area contributed by atoms with E-state index < -0.39 is 11.0 Å². The van der Waals surface area contributed by atoms with Gasteiger partial charge >= 0.3 is 0 Å². The standard InChI is InChI=1S/C12H16BrN3O3/c1-2-3-4-10(14)12(17)15-11-7-8(16(18)19)5-6-9(11)13/h5-7,10H,2-4,14H2,1H3,(H,15,17)/t10-/m0/s1. The minimum absolute atomic E-state index is 0.0828. The van der Waals surface area contributed by atoms with Crippen LogP contribution in [0.15, 0.2) is 22.7 Å². The van der Waals surface area contributed by atoms with Gasteiger partial charge in [-0.05, 0) is 28.4 Å². The lowest BCUT2D eigenvalue weighted by molar-refractivity contribution is -0.384. The molecule has 1 rings (SSSR count). The van der Waals surface area contributed by atoms with E-state index in [2.05, 4.69) is 21.2 Å². The second kappa shape index (κ2) is 7.20. The Morgan fingerprint density at radius 3 is 2.84 bits per heavy atom. The average Bonchev–Trinajstić information content (AvgIpc) is 2.38. The van der Waals surface area contributed by atoms with Gasteiger partial charge in [0.25, 0.3) is 5.69 Å². The molecule has 7 heteroatoms. The van der Waals surface area contributed by atoms with Gasteiger partial charge in [-0.15, -0.1) is 0 Å². The summed E-state index contributed by atoms with van der Waals surface area (Å²) in [6.45, 7) is 2.02. The van der Waals surface area contributed by atoms with E-state index in [1.807, 2.05) is 6.92 Å². The maximum atomic E-state index is 11.8. The maximum Gasteiger partial charge on any atom is 0.271 e. The molecular weight excluding hydrogens is 314 g/mol. The second-order valence-corrected chi connectivity index (χ2v) is 5.01. The molecule has 104 valence electrons. The molecule has 19 heavy (non-hydrogen) atoms. The number of nitro groups is 1. The molecule has 1 aromatic carbocycles. The highest BCUT2D eigenvalue weighted by Gasteiger charge is 2.16. The quantitative estimate of drug-likeness (QED) is 0.619. The normalized spacial score (nSPS) is 11.9. The van der Waals surface area contributed by atoms with E-state index in [1.54, 1.807) is 0 Å². The number of hydrogen-bond donors (Lipinski definition) is 2. The molecule has 0 aliphatic heterocycles. The van der Waals surface area contributed by atoms with Crippen molar-refractivity contribution in [3.63, 3.8) is 0 Å². The summed E-state index contributed by atoms with van der Waals surface area (Å²) in [6.07, 6.45) is 2.42. The number of amides is 1. The van der Waals surface area contributed by atoms with Gasteiger partial charge in [-0.1, -0.05) is 19.8 Å². The minimum Gasteiger partial charge on any atom is -0.323 e. The van der Waals surface area contributed by atoms with Gasteiger partial charge in [0, 0.05) is 16.6 Å². The molecule has 0 saturated heterocycles. The predicted molar refractivity (Wildman–Crippen MR) is 76.9 cm³/mol. The molecule has 1 atom stereocenters. The first-order valence-electron chi connectivity index (χ1n) is 5.96. The van der Waals surface area contributed by atoms with E-state index in [1.165, 1.54) is 18.2 Å². The fourth-order valence-electron chi connectivity index (χ4n) is 1.50. The van der Waals surface area contributed by atoms with Gasteiger partial charge in [0.15, 0.2) is 0 Å². The lowest BCUT2D eigenvalue weighted by atomic mass is 10.1. The number of nitrogens with one attached hydrogen (secondary N) is 1. The fourth-order valence-corrected chi connectivity index (χ4v) is 1.85. The van der Waals surface area contributed by atoms with Gasteiger partial charge in [0.1, 0.15) is 0 Å². The van der Waals surface area contributed by atoms with Crippen LogP contribution in [0.4, 0.5) is 11.4 Å². The monoisotopic (exact) mass is 329 g/mol. The number of rotatable bonds is 6. The smallest absolute Gasteiger partial charge is 0.271 e. The molecule has 0 aromatic heterocycles. The Morgan fingerprint density at radius 1 is 1.58 bits per heavy atom. The number of unbranched alkanes of at least 4 members (excludes halogenated alkanes) is 1. The third-order valence-corrected chi connectivity index (χ3v) is 3.32. The van der Waals surface area contributed by atoms with Gasteiger partial charge in [0.2, 0.25) is 5.91 Å². The second-order valence-electron chi connectivity index (χ2n) is 4.16. The molecular formula is C12H16BrN3O3. The number of nitrogens with zero attached hydrogens (tertiary/aromatic N) is 1. The molecule has 0 radical (unpaired) electrons. The number of nitrogens with two attached hydrogens (primary N) is 1. The number of nitro benzene ring substituents is 1. The van der Waals surface area contributed by atoms with Crippen molar-refractivity contribution in [2.45, 2.75) is 32.2 Å². The highest BCUT2D eigenvalue weighted by molar-refractivity contribution is 9.10. The molecule has 0 heterocycles. The van der Waals surface area contributed by atoms with Crippen LogP contribution in [0.25, 0.3) is 0 Å². The third-order valence-electron chi connectivity index (χ3n) is 2.62. The zero-order valence-electron chi connectivity index (χ0n) is 10.6. The van der Waals surface area contributed by atoms with Crippen molar-refractivity contribution in [1.29, 1.82) is 0 Å². The largest absolute Gasteiger partial charge is 0.323 e.